The molecule has 1 atom stereocenters. The number of aromatic nitrogens is 3. The lowest BCUT2D eigenvalue weighted by Crippen LogP contribution is -2.46. The van der Waals surface area contributed by atoms with Gasteiger partial charge in [-0.25, -0.2) is 9.97 Å². The molecular formula is C30H35F3N6O3. The van der Waals surface area contributed by atoms with Crippen LogP contribution in [0.5, 0.6) is 0 Å². The number of piperidine rings is 1. The second-order valence-electron chi connectivity index (χ2n) is 11.7. The predicted octanol–water partition coefficient (Wildman–Crippen LogP) is 4.39. The van der Waals surface area contributed by atoms with E-state index >= 15 is 0 Å². The molecule has 2 saturated heterocycles. The highest BCUT2D eigenvalue weighted by Crippen LogP contribution is 2.37. The summed E-state index contributed by atoms with van der Waals surface area (Å²) in [6, 6.07) is 6.23. The summed E-state index contributed by atoms with van der Waals surface area (Å²) in [7, 11) is 0. The Kier molecular flexibility index (Phi) is 7.93. The molecule has 1 amide bonds. The maximum absolute atomic E-state index is 13.3. The molecule has 1 unspecified atom stereocenters. The van der Waals surface area contributed by atoms with E-state index in [1.165, 1.54) is 12.5 Å². The molecule has 1 aliphatic carbocycles. The number of aliphatic hydroxyl groups is 1. The Balaban J connectivity index is 0.955. The summed E-state index contributed by atoms with van der Waals surface area (Å²) >= 11 is 0. The van der Waals surface area contributed by atoms with E-state index in [0.717, 1.165) is 37.0 Å². The standard InChI is InChI=1S/C30H35F3N6O3/c31-30(32,33)22-5-11-34-26(17-22)38-13-6-20(7-14-38)28(40)39-15-8-24(19-39)37-23-3-9-29(41,10-4-23)25-2-1-21(18-36-25)27-35-12-16-42-27/h1-2,5,11-12,16-18,20,23-24,37,41H,3-4,6-10,13-15,19H2. The van der Waals surface area contributed by atoms with Crippen LogP contribution in [0.25, 0.3) is 11.5 Å². The van der Waals surface area contributed by atoms with E-state index in [2.05, 4.69) is 20.3 Å². The first-order valence-electron chi connectivity index (χ1n) is 14.6. The Morgan fingerprint density at radius 2 is 1.76 bits per heavy atom. The van der Waals surface area contributed by atoms with Crippen molar-refractivity contribution in [1.82, 2.24) is 25.2 Å². The second kappa shape index (κ2) is 11.6. The summed E-state index contributed by atoms with van der Waals surface area (Å²) < 4.78 is 44.6. The zero-order chi connectivity index (χ0) is 29.3. The Morgan fingerprint density at radius 3 is 2.43 bits per heavy atom. The van der Waals surface area contributed by atoms with Crippen molar-refractivity contribution < 1.29 is 27.5 Å². The van der Waals surface area contributed by atoms with Crippen LogP contribution in [0.15, 0.2) is 53.5 Å². The summed E-state index contributed by atoms with van der Waals surface area (Å²) in [6.07, 6.45) is 6.45. The lowest BCUT2D eigenvalue weighted by Gasteiger charge is -2.37. The fourth-order valence-corrected chi connectivity index (χ4v) is 6.49. The van der Waals surface area contributed by atoms with Gasteiger partial charge in [-0.05, 0) is 69.2 Å². The van der Waals surface area contributed by atoms with Crippen LogP contribution in [-0.4, -0.2) is 69.1 Å². The van der Waals surface area contributed by atoms with E-state index in [1.54, 1.807) is 12.4 Å². The van der Waals surface area contributed by atoms with Gasteiger partial charge in [-0.3, -0.25) is 9.78 Å². The molecule has 0 spiro atoms. The Labute approximate surface area is 242 Å². The normalized spacial score (nSPS) is 25.6. The van der Waals surface area contributed by atoms with Crippen molar-refractivity contribution >= 4 is 11.7 Å². The van der Waals surface area contributed by atoms with Gasteiger partial charge in [-0.15, -0.1) is 0 Å². The molecule has 5 heterocycles. The van der Waals surface area contributed by atoms with Gasteiger partial charge >= 0.3 is 6.18 Å². The number of nitrogens with one attached hydrogen (secondary N) is 1. The van der Waals surface area contributed by atoms with Crippen LogP contribution in [-0.2, 0) is 16.6 Å². The Bertz CT molecular complexity index is 1350. The van der Waals surface area contributed by atoms with Gasteiger partial charge in [0.15, 0.2) is 0 Å². The molecule has 3 aromatic rings. The third-order valence-corrected chi connectivity index (χ3v) is 8.94. The summed E-state index contributed by atoms with van der Waals surface area (Å²) in [5, 5.41) is 15.0. The summed E-state index contributed by atoms with van der Waals surface area (Å²) in [6.45, 7) is 2.35. The molecule has 1 saturated carbocycles. The number of nitrogens with zero attached hydrogens (tertiary/aromatic N) is 5. The predicted molar refractivity (Wildman–Crippen MR) is 148 cm³/mol. The van der Waals surface area contributed by atoms with Gasteiger partial charge in [0.2, 0.25) is 11.8 Å². The van der Waals surface area contributed by atoms with Crippen LogP contribution < -0.4 is 10.2 Å². The lowest BCUT2D eigenvalue weighted by molar-refractivity contribution is -0.137. The number of carbonyl (C=O) groups excluding carboxylic acids is 1. The van der Waals surface area contributed by atoms with E-state index < -0.39 is 17.3 Å². The van der Waals surface area contributed by atoms with E-state index in [9.17, 15) is 23.1 Å². The number of rotatable bonds is 6. The maximum Gasteiger partial charge on any atom is 0.416 e. The zero-order valence-electron chi connectivity index (χ0n) is 23.3. The monoisotopic (exact) mass is 584 g/mol. The summed E-state index contributed by atoms with van der Waals surface area (Å²) in [4.78, 5) is 29.8. The molecule has 9 nitrogen and oxygen atoms in total. The number of anilines is 1. The quantitative estimate of drug-likeness (QED) is 0.440. The highest BCUT2D eigenvalue weighted by Gasteiger charge is 2.39. The van der Waals surface area contributed by atoms with Crippen LogP contribution in [0.2, 0.25) is 0 Å². The van der Waals surface area contributed by atoms with E-state index in [1.807, 2.05) is 21.9 Å². The number of halogens is 3. The molecular weight excluding hydrogens is 549 g/mol. The first kappa shape index (κ1) is 28.6. The molecule has 0 radical (unpaired) electrons. The largest absolute Gasteiger partial charge is 0.444 e. The van der Waals surface area contributed by atoms with Crippen LogP contribution in [0.4, 0.5) is 19.0 Å². The van der Waals surface area contributed by atoms with Crippen LogP contribution in [0.3, 0.4) is 0 Å². The molecule has 224 valence electrons. The summed E-state index contributed by atoms with van der Waals surface area (Å²) in [5.41, 5.74) is -0.257. The molecule has 0 aromatic carbocycles. The van der Waals surface area contributed by atoms with Crippen molar-refractivity contribution in [3.8, 4) is 11.5 Å². The van der Waals surface area contributed by atoms with Crippen LogP contribution >= 0.6 is 0 Å². The number of amides is 1. The first-order valence-corrected chi connectivity index (χ1v) is 14.6. The number of pyridine rings is 2. The van der Waals surface area contributed by atoms with Crippen molar-refractivity contribution in [2.45, 2.75) is 68.8 Å². The van der Waals surface area contributed by atoms with Gasteiger partial charge < -0.3 is 24.6 Å². The van der Waals surface area contributed by atoms with Crippen LogP contribution in [0.1, 0.15) is 56.2 Å². The minimum atomic E-state index is -4.41. The van der Waals surface area contributed by atoms with Gasteiger partial charge in [-0.2, -0.15) is 13.2 Å². The minimum Gasteiger partial charge on any atom is -0.444 e. The number of likely N-dealkylation sites (tertiary alicyclic amines) is 1. The molecule has 3 aromatic heterocycles. The number of oxazole rings is 1. The Morgan fingerprint density at radius 1 is 0.976 bits per heavy atom. The molecule has 6 rings (SSSR count). The average molecular weight is 585 g/mol. The molecule has 3 aliphatic rings. The fraction of sp³-hybridized carbons (Fsp3) is 0.533. The average Bonchev–Trinajstić information content (AvgIpc) is 3.71. The second-order valence-corrected chi connectivity index (χ2v) is 11.7. The summed E-state index contributed by atoms with van der Waals surface area (Å²) in [5.74, 6) is 0.807. The van der Waals surface area contributed by atoms with Gasteiger partial charge in [0.1, 0.15) is 17.7 Å². The SMILES string of the molecule is O=C(C1CCN(c2cc(C(F)(F)F)ccn2)CC1)N1CCC(NC2CCC(O)(c3ccc(-c4ncco4)cn3)CC2)C1. The maximum atomic E-state index is 13.3. The van der Waals surface area contributed by atoms with Gasteiger partial charge in [-0.1, -0.05) is 0 Å². The third-order valence-electron chi connectivity index (χ3n) is 8.94. The van der Waals surface area contributed by atoms with Crippen molar-refractivity contribution in [2.24, 2.45) is 5.92 Å². The number of hydrogen-bond donors (Lipinski definition) is 2. The van der Waals surface area contributed by atoms with Crippen molar-refractivity contribution in [1.29, 1.82) is 0 Å². The minimum absolute atomic E-state index is 0.127. The van der Waals surface area contributed by atoms with Crippen molar-refractivity contribution in [3.05, 3.63) is 60.4 Å². The zero-order valence-corrected chi connectivity index (χ0v) is 23.3. The number of hydrogen-bond acceptors (Lipinski definition) is 8. The lowest BCUT2D eigenvalue weighted by atomic mass is 9.79. The van der Waals surface area contributed by atoms with Gasteiger partial charge in [0.25, 0.3) is 0 Å². The van der Waals surface area contributed by atoms with Crippen molar-refractivity contribution in [2.75, 3.05) is 31.1 Å². The molecule has 42 heavy (non-hydrogen) atoms. The molecule has 0 bridgehead atoms. The smallest absolute Gasteiger partial charge is 0.416 e. The van der Waals surface area contributed by atoms with Gasteiger partial charge in [0, 0.05) is 56.6 Å². The highest BCUT2D eigenvalue weighted by atomic mass is 19.4. The molecule has 3 fully saturated rings. The van der Waals surface area contributed by atoms with E-state index in [4.69, 9.17) is 4.42 Å². The highest BCUT2D eigenvalue weighted by molar-refractivity contribution is 5.79. The third kappa shape index (κ3) is 6.14. The number of alkyl halides is 3. The molecule has 12 heteroatoms. The van der Waals surface area contributed by atoms with Crippen LogP contribution in [0, 0.1) is 5.92 Å². The fourth-order valence-electron chi connectivity index (χ4n) is 6.49. The van der Waals surface area contributed by atoms with Gasteiger partial charge in [0.05, 0.1) is 23.0 Å². The topological polar surface area (TPSA) is 108 Å². The van der Waals surface area contributed by atoms with E-state index in [-0.39, 0.29) is 23.9 Å². The molecule has 2 aliphatic heterocycles. The van der Waals surface area contributed by atoms with Crippen molar-refractivity contribution in [3.63, 3.8) is 0 Å². The number of carbonyl (C=O) groups is 1. The van der Waals surface area contributed by atoms with E-state index in [0.29, 0.717) is 69.3 Å². The Hall–Kier alpha value is -3.51. The molecule has 2 N–H and O–H groups in total. The first-order chi connectivity index (χ1) is 20.2.